The van der Waals surface area contributed by atoms with Gasteiger partial charge in [0.1, 0.15) is 11.7 Å². The molecule has 0 aliphatic rings. The Balaban J connectivity index is 1.72. The molecule has 0 fully saturated rings. The Morgan fingerprint density at radius 1 is 0.893 bits per heavy atom. The zero-order valence-electron chi connectivity index (χ0n) is 14.6. The van der Waals surface area contributed by atoms with Crippen molar-refractivity contribution >= 4 is 58.1 Å². The van der Waals surface area contributed by atoms with E-state index in [-0.39, 0.29) is 0 Å². The van der Waals surface area contributed by atoms with Crippen molar-refractivity contribution in [1.82, 2.24) is 9.78 Å². The van der Waals surface area contributed by atoms with Gasteiger partial charge in [-0.2, -0.15) is 5.10 Å². The van der Waals surface area contributed by atoms with E-state index in [4.69, 9.17) is 40.5 Å². The minimum Gasteiger partial charge on any atom is -0.321 e. The maximum Gasteiger partial charge on any atom is 0.181 e. The zero-order chi connectivity index (χ0) is 19.5. The lowest BCUT2D eigenvalue weighted by atomic mass is 10.2. The largest absolute Gasteiger partial charge is 0.321 e. The van der Waals surface area contributed by atoms with Crippen LogP contribution in [0.1, 0.15) is 0 Å². The third-order valence-electron chi connectivity index (χ3n) is 4.18. The highest BCUT2D eigenvalue weighted by Gasteiger charge is 2.14. The predicted molar refractivity (Wildman–Crippen MR) is 121 cm³/mol. The summed E-state index contributed by atoms with van der Waals surface area (Å²) in [5, 5.41) is 6.65. The van der Waals surface area contributed by atoms with Crippen LogP contribution < -0.4 is 4.90 Å². The Morgan fingerprint density at radius 3 is 2.07 bits per heavy atom. The Kier molecular flexibility index (Phi) is 5.78. The number of anilines is 2. The Bertz CT molecular complexity index is 1100. The van der Waals surface area contributed by atoms with Crippen molar-refractivity contribution in [3.05, 3.63) is 92.9 Å². The van der Waals surface area contributed by atoms with Crippen molar-refractivity contribution in [2.75, 3.05) is 4.90 Å². The fourth-order valence-electron chi connectivity index (χ4n) is 2.83. The van der Waals surface area contributed by atoms with Gasteiger partial charge >= 0.3 is 0 Å². The van der Waals surface area contributed by atoms with Gasteiger partial charge < -0.3 is 4.90 Å². The van der Waals surface area contributed by atoms with Crippen LogP contribution in [0.2, 0.25) is 10.0 Å². The minimum absolute atomic E-state index is 0.495. The van der Waals surface area contributed by atoms with E-state index in [1.54, 1.807) is 12.1 Å². The molecular formula is C21H15Cl2N3S2. The van der Waals surface area contributed by atoms with E-state index >= 15 is 0 Å². The number of benzene rings is 3. The highest BCUT2D eigenvalue weighted by molar-refractivity contribution is 7.73. The summed E-state index contributed by atoms with van der Waals surface area (Å²) < 4.78 is 2.50. The molecule has 28 heavy (non-hydrogen) atoms. The summed E-state index contributed by atoms with van der Waals surface area (Å²) >= 11 is 19.4. The fourth-order valence-corrected chi connectivity index (χ4v) is 4.52. The van der Waals surface area contributed by atoms with Gasteiger partial charge in [-0.1, -0.05) is 70.9 Å². The number of halogens is 2. The first kappa shape index (κ1) is 19.2. The van der Waals surface area contributed by atoms with Crippen LogP contribution >= 0.6 is 46.8 Å². The number of para-hydroxylation sites is 2. The van der Waals surface area contributed by atoms with Crippen molar-refractivity contribution in [2.45, 2.75) is 6.67 Å². The summed E-state index contributed by atoms with van der Waals surface area (Å²) in [5.74, 6) is 0. The van der Waals surface area contributed by atoms with E-state index in [1.165, 1.54) is 11.3 Å². The molecule has 7 heteroatoms. The van der Waals surface area contributed by atoms with E-state index in [2.05, 4.69) is 29.2 Å². The van der Waals surface area contributed by atoms with Gasteiger partial charge in [0, 0.05) is 22.0 Å². The summed E-state index contributed by atoms with van der Waals surface area (Å²) in [5.41, 5.74) is 2.95. The highest BCUT2D eigenvalue weighted by atomic mass is 35.5. The van der Waals surface area contributed by atoms with Crippen LogP contribution in [-0.4, -0.2) is 9.78 Å². The summed E-state index contributed by atoms with van der Waals surface area (Å²) in [6, 6.07) is 25.7. The van der Waals surface area contributed by atoms with Crippen LogP contribution in [-0.2, 0) is 6.67 Å². The molecule has 0 spiro atoms. The molecule has 4 rings (SSSR count). The fraction of sp³-hybridized carbons (Fsp3) is 0.0476. The number of hydrogen-bond acceptors (Lipinski definition) is 4. The van der Waals surface area contributed by atoms with Gasteiger partial charge in [0.2, 0.25) is 0 Å². The lowest BCUT2D eigenvalue weighted by Gasteiger charge is -2.24. The number of nitrogens with zero attached hydrogens (tertiary/aromatic N) is 3. The van der Waals surface area contributed by atoms with Crippen LogP contribution in [0.4, 0.5) is 11.4 Å². The maximum absolute atomic E-state index is 6.35. The molecule has 3 aromatic carbocycles. The zero-order valence-corrected chi connectivity index (χ0v) is 17.8. The van der Waals surface area contributed by atoms with Crippen molar-refractivity contribution in [2.24, 2.45) is 0 Å². The van der Waals surface area contributed by atoms with Crippen molar-refractivity contribution < 1.29 is 0 Å². The highest BCUT2D eigenvalue weighted by Crippen LogP contribution is 2.33. The smallest absolute Gasteiger partial charge is 0.181 e. The average Bonchev–Trinajstić information content (AvgIpc) is 3.07. The molecule has 1 aromatic heterocycles. The van der Waals surface area contributed by atoms with Gasteiger partial charge in [-0.15, -0.1) is 0 Å². The lowest BCUT2D eigenvalue weighted by molar-refractivity contribution is 0.619. The van der Waals surface area contributed by atoms with Crippen LogP contribution in [0.5, 0.6) is 0 Å². The standard InChI is InChI=1S/C21H15Cl2N3S2/c22-15-11-12-18(19(23)13-15)20-24-26(21(27)28-20)14-25(16-7-3-1-4-8-16)17-9-5-2-6-10-17/h1-13H,14H2. The van der Waals surface area contributed by atoms with E-state index in [0.717, 1.165) is 21.9 Å². The maximum atomic E-state index is 6.35. The van der Waals surface area contributed by atoms with Crippen LogP contribution in [0.15, 0.2) is 78.9 Å². The number of hydrogen-bond donors (Lipinski definition) is 0. The van der Waals surface area contributed by atoms with Crippen molar-refractivity contribution in [3.63, 3.8) is 0 Å². The van der Waals surface area contributed by atoms with Crippen LogP contribution in [0.25, 0.3) is 10.6 Å². The molecule has 140 valence electrons. The molecule has 0 saturated carbocycles. The van der Waals surface area contributed by atoms with E-state index in [1.807, 2.05) is 47.1 Å². The monoisotopic (exact) mass is 443 g/mol. The average molecular weight is 444 g/mol. The summed E-state index contributed by atoms with van der Waals surface area (Å²) in [7, 11) is 0. The third-order valence-corrected chi connectivity index (χ3v) is 6.07. The molecule has 0 aliphatic carbocycles. The summed E-state index contributed by atoms with van der Waals surface area (Å²) in [4.78, 5) is 2.17. The molecular weight excluding hydrogens is 429 g/mol. The molecule has 0 amide bonds. The molecule has 0 bridgehead atoms. The van der Waals surface area contributed by atoms with E-state index in [9.17, 15) is 0 Å². The second-order valence-corrected chi connectivity index (χ2v) is 8.50. The molecule has 0 N–H and O–H groups in total. The van der Waals surface area contributed by atoms with Gasteiger partial charge in [0.25, 0.3) is 0 Å². The molecule has 3 nitrogen and oxygen atoms in total. The van der Waals surface area contributed by atoms with E-state index < -0.39 is 0 Å². The first-order valence-electron chi connectivity index (χ1n) is 8.53. The Morgan fingerprint density at radius 2 is 1.50 bits per heavy atom. The lowest BCUT2D eigenvalue weighted by Crippen LogP contribution is -2.22. The number of aromatic nitrogens is 2. The SMILES string of the molecule is S=c1sc(-c2ccc(Cl)cc2Cl)nn1CN(c1ccccc1)c1ccccc1. The van der Waals surface area contributed by atoms with Crippen molar-refractivity contribution in [1.29, 1.82) is 0 Å². The predicted octanol–water partition coefficient (Wildman–Crippen LogP) is 7.44. The Hall–Kier alpha value is -2.18. The summed E-state index contributed by atoms with van der Waals surface area (Å²) in [6.07, 6.45) is 0. The number of rotatable bonds is 5. The molecule has 4 aromatic rings. The van der Waals surface area contributed by atoms with Gasteiger partial charge in [0.05, 0.1) is 5.02 Å². The van der Waals surface area contributed by atoms with Gasteiger partial charge in [0.15, 0.2) is 3.95 Å². The summed E-state index contributed by atoms with van der Waals surface area (Å²) in [6.45, 7) is 0.495. The Labute approximate surface area is 182 Å². The van der Waals surface area contributed by atoms with Gasteiger partial charge in [-0.3, -0.25) is 0 Å². The molecule has 0 radical (unpaired) electrons. The first-order chi connectivity index (χ1) is 13.6. The normalized spacial score (nSPS) is 10.8. The van der Waals surface area contributed by atoms with Gasteiger partial charge in [-0.05, 0) is 54.7 Å². The quantitative estimate of drug-likeness (QED) is 0.299. The molecule has 0 atom stereocenters. The molecule has 0 aliphatic heterocycles. The minimum atomic E-state index is 0.495. The van der Waals surface area contributed by atoms with Crippen molar-refractivity contribution in [3.8, 4) is 10.6 Å². The third kappa shape index (κ3) is 4.13. The topological polar surface area (TPSA) is 21.1 Å². The molecule has 0 saturated heterocycles. The van der Waals surface area contributed by atoms with E-state index in [0.29, 0.717) is 20.7 Å². The first-order valence-corrected chi connectivity index (χ1v) is 10.5. The second-order valence-electron chi connectivity index (χ2n) is 6.04. The van der Waals surface area contributed by atoms with Gasteiger partial charge in [-0.25, -0.2) is 4.68 Å². The molecule has 0 unspecified atom stereocenters. The second kappa shape index (κ2) is 8.45. The van der Waals surface area contributed by atoms with Crippen LogP contribution in [0, 0.1) is 3.95 Å². The molecule has 1 heterocycles. The van der Waals surface area contributed by atoms with Crippen LogP contribution in [0.3, 0.4) is 0 Å².